The van der Waals surface area contributed by atoms with E-state index in [4.69, 9.17) is 4.98 Å². The molecule has 33 heavy (non-hydrogen) atoms. The number of benzene rings is 1. The summed E-state index contributed by atoms with van der Waals surface area (Å²) in [5, 5.41) is 15.8. The Morgan fingerprint density at radius 2 is 2.06 bits per heavy atom. The van der Waals surface area contributed by atoms with Crippen LogP contribution in [0, 0.1) is 22.7 Å². The van der Waals surface area contributed by atoms with Gasteiger partial charge in [0.15, 0.2) is 5.13 Å². The molecule has 1 unspecified atom stereocenters. The molecule has 1 aliphatic rings. The highest BCUT2D eigenvalue weighted by Gasteiger charge is 2.30. The van der Waals surface area contributed by atoms with Crippen LogP contribution in [0.25, 0.3) is 11.3 Å². The summed E-state index contributed by atoms with van der Waals surface area (Å²) in [7, 11) is 0. The smallest absolute Gasteiger partial charge is 0.226 e. The first-order valence-corrected chi connectivity index (χ1v) is 13.1. The van der Waals surface area contributed by atoms with Gasteiger partial charge in [0.25, 0.3) is 0 Å². The Balaban J connectivity index is 1.34. The quantitative estimate of drug-likeness (QED) is 0.420. The topological polar surface area (TPSA) is 78.7 Å². The van der Waals surface area contributed by atoms with Gasteiger partial charge in [0.2, 0.25) is 5.91 Å². The summed E-state index contributed by atoms with van der Waals surface area (Å²) in [5.74, 6) is 1.09. The fourth-order valence-corrected chi connectivity index (χ4v) is 5.72. The molecule has 7 heteroatoms. The highest BCUT2D eigenvalue weighted by atomic mass is 32.2. The van der Waals surface area contributed by atoms with E-state index < -0.39 is 0 Å². The second kappa shape index (κ2) is 10.1. The number of fused-ring (bicyclic) bond motifs is 1. The molecule has 0 aliphatic heterocycles. The van der Waals surface area contributed by atoms with Crippen molar-refractivity contribution < 1.29 is 4.79 Å². The lowest BCUT2D eigenvalue weighted by molar-refractivity contribution is -0.115. The van der Waals surface area contributed by atoms with Crippen LogP contribution in [0.2, 0.25) is 0 Å². The Morgan fingerprint density at radius 1 is 1.27 bits per heavy atom. The van der Waals surface area contributed by atoms with Gasteiger partial charge < -0.3 is 5.32 Å². The van der Waals surface area contributed by atoms with Crippen LogP contribution < -0.4 is 5.32 Å². The predicted molar refractivity (Wildman–Crippen MR) is 135 cm³/mol. The maximum Gasteiger partial charge on any atom is 0.226 e. The Labute approximate surface area is 203 Å². The van der Waals surface area contributed by atoms with Crippen LogP contribution in [0.3, 0.4) is 0 Å². The van der Waals surface area contributed by atoms with E-state index in [0.717, 1.165) is 41.2 Å². The van der Waals surface area contributed by atoms with Crippen LogP contribution in [0.5, 0.6) is 0 Å². The summed E-state index contributed by atoms with van der Waals surface area (Å²) in [6, 6.07) is 14.2. The van der Waals surface area contributed by atoms with Crippen LogP contribution in [-0.4, -0.2) is 21.6 Å². The van der Waals surface area contributed by atoms with Crippen molar-refractivity contribution in [3.8, 4) is 17.3 Å². The van der Waals surface area contributed by atoms with E-state index in [1.54, 1.807) is 0 Å². The standard InChI is InChI=1S/C26H28N4OS2/c1-26(2,3)20-9-10-21-18(14-20)13-19(15-27)24(28-21)32-12-11-23(31)30-25-29-22(16-33-25)17-7-5-4-6-8-17/h4-8,13,16,20H,9-12,14H2,1-3H3,(H,29,30,31). The highest BCUT2D eigenvalue weighted by Crippen LogP contribution is 2.38. The molecule has 1 N–H and O–H groups in total. The molecular weight excluding hydrogens is 448 g/mol. The molecule has 0 spiro atoms. The zero-order chi connectivity index (χ0) is 23.4. The first-order valence-electron chi connectivity index (χ1n) is 11.2. The SMILES string of the molecule is CC(C)(C)C1CCc2nc(SCCC(=O)Nc3nc(-c4ccccc4)cs3)c(C#N)cc2C1. The number of anilines is 1. The largest absolute Gasteiger partial charge is 0.302 e. The number of aromatic nitrogens is 2. The Bertz CT molecular complexity index is 1180. The number of hydrogen-bond donors (Lipinski definition) is 1. The van der Waals surface area contributed by atoms with Crippen LogP contribution in [0.15, 0.2) is 46.8 Å². The van der Waals surface area contributed by atoms with Gasteiger partial charge in [-0.15, -0.1) is 23.1 Å². The third-order valence-corrected chi connectivity index (χ3v) is 7.84. The van der Waals surface area contributed by atoms with Gasteiger partial charge >= 0.3 is 0 Å². The van der Waals surface area contributed by atoms with Gasteiger partial charge in [-0.3, -0.25) is 4.79 Å². The fraction of sp³-hybridized carbons (Fsp3) is 0.385. The highest BCUT2D eigenvalue weighted by molar-refractivity contribution is 7.99. The average molecular weight is 477 g/mol. The summed E-state index contributed by atoms with van der Waals surface area (Å²) >= 11 is 2.90. The molecule has 0 radical (unpaired) electrons. The summed E-state index contributed by atoms with van der Waals surface area (Å²) in [6.45, 7) is 6.85. The van der Waals surface area contributed by atoms with Crippen LogP contribution in [0.1, 0.15) is 50.4 Å². The van der Waals surface area contributed by atoms with Crippen molar-refractivity contribution >= 4 is 34.1 Å². The molecule has 1 amide bonds. The van der Waals surface area contributed by atoms with Gasteiger partial charge in [0.05, 0.1) is 11.3 Å². The number of nitriles is 1. The predicted octanol–water partition coefficient (Wildman–Crippen LogP) is 6.35. The van der Waals surface area contributed by atoms with Crippen molar-refractivity contribution in [2.24, 2.45) is 11.3 Å². The number of rotatable bonds is 6. The van der Waals surface area contributed by atoms with Crippen LogP contribution >= 0.6 is 23.1 Å². The second-order valence-corrected chi connectivity index (χ2v) is 11.4. The Kier molecular flexibility index (Phi) is 7.16. The van der Waals surface area contributed by atoms with Crippen molar-refractivity contribution in [2.45, 2.75) is 51.5 Å². The number of carbonyl (C=O) groups is 1. The number of hydrogen-bond acceptors (Lipinski definition) is 6. The number of pyridine rings is 1. The summed E-state index contributed by atoms with van der Waals surface area (Å²) in [6.07, 6.45) is 3.39. The number of nitrogens with zero attached hydrogens (tertiary/aromatic N) is 3. The average Bonchev–Trinajstić information content (AvgIpc) is 3.26. The minimum absolute atomic E-state index is 0.0825. The number of carbonyl (C=O) groups excluding carboxylic acids is 1. The van der Waals surface area contributed by atoms with Gasteiger partial charge in [-0.1, -0.05) is 51.1 Å². The molecule has 1 atom stereocenters. The number of nitrogens with one attached hydrogen (secondary N) is 1. The minimum atomic E-state index is -0.0825. The van der Waals surface area contributed by atoms with Gasteiger partial charge in [0, 0.05) is 28.8 Å². The molecule has 0 fully saturated rings. The Morgan fingerprint density at radius 3 is 2.79 bits per heavy atom. The number of amides is 1. The lowest BCUT2D eigenvalue weighted by Gasteiger charge is -2.34. The number of aryl methyl sites for hydroxylation is 1. The van der Waals surface area contributed by atoms with E-state index >= 15 is 0 Å². The first kappa shape index (κ1) is 23.5. The van der Waals surface area contributed by atoms with Gasteiger partial charge in [-0.05, 0) is 42.2 Å². The van der Waals surface area contributed by atoms with E-state index in [1.807, 2.05) is 41.8 Å². The lowest BCUT2D eigenvalue weighted by atomic mass is 9.71. The van der Waals surface area contributed by atoms with Gasteiger partial charge in [-0.2, -0.15) is 5.26 Å². The molecule has 2 heterocycles. The van der Waals surface area contributed by atoms with E-state index in [-0.39, 0.29) is 11.3 Å². The van der Waals surface area contributed by atoms with Gasteiger partial charge in [0.1, 0.15) is 11.1 Å². The molecular formula is C26H28N4OS2. The van der Waals surface area contributed by atoms with Crippen LogP contribution in [-0.2, 0) is 17.6 Å². The van der Waals surface area contributed by atoms with E-state index in [9.17, 15) is 10.1 Å². The normalized spacial score (nSPS) is 15.5. The minimum Gasteiger partial charge on any atom is -0.302 e. The summed E-state index contributed by atoms with van der Waals surface area (Å²) in [4.78, 5) is 21.7. The molecule has 170 valence electrons. The molecule has 1 aromatic carbocycles. The third-order valence-electron chi connectivity index (χ3n) is 6.09. The van der Waals surface area contributed by atoms with Crippen molar-refractivity contribution in [3.63, 3.8) is 0 Å². The van der Waals surface area contributed by atoms with Crippen molar-refractivity contribution in [1.29, 1.82) is 5.26 Å². The zero-order valence-corrected chi connectivity index (χ0v) is 20.9. The summed E-state index contributed by atoms with van der Waals surface area (Å²) in [5.41, 5.74) is 5.07. The summed E-state index contributed by atoms with van der Waals surface area (Å²) < 4.78 is 0. The molecule has 1 aliphatic carbocycles. The van der Waals surface area contributed by atoms with E-state index in [1.165, 1.54) is 28.7 Å². The number of thioether (sulfide) groups is 1. The van der Waals surface area contributed by atoms with Crippen molar-refractivity contribution in [3.05, 3.63) is 58.6 Å². The van der Waals surface area contributed by atoms with Crippen molar-refractivity contribution in [2.75, 3.05) is 11.1 Å². The van der Waals surface area contributed by atoms with Crippen molar-refractivity contribution in [1.82, 2.24) is 9.97 Å². The maximum absolute atomic E-state index is 12.4. The molecule has 0 bridgehead atoms. The molecule has 0 saturated carbocycles. The molecule has 3 aromatic rings. The molecule has 0 saturated heterocycles. The monoisotopic (exact) mass is 476 g/mol. The maximum atomic E-state index is 12.4. The zero-order valence-electron chi connectivity index (χ0n) is 19.2. The lowest BCUT2D eigenvalue weighted by Crippen LogP contribution is -2.27. The van der Waals surface area contributed by atoms with Crippen LogP contribution in [0.4, 0.5) is 5.13 Å². The van der Waals surface area contributed by atoms with E-state index in [2.05, 4.69) is 37.1 Å². The first-order chi connectivity index (χ1) is 15.8. The third kappa shape index (κ3) is 5.82. The molecule has 5 nitrogen and oxygen atoms in total. The molecule has 2 aromatic heterocycles. The fourth-order valence-electron chi connectivity index (χ4n) is 4.07. The number of thiazole rings is 1. The van der Waals surface area contributed by atoms with E-state index in [0.29, 0.717) is 28.8 Å². The second-order valence-electron chi connectivity index (χ2n) is 9.42. The Hall–Kier alpha value is -2.69. The van der Waals surface area contributed by atoms with Gasteiger partial charge in [-0.25, -0.2) is 9.97 Å². The molecule has 4 rings (SSSR count).